The molecular weight excluding hydrogens is 322 g/mol. The molecule has 5 heteroatoms. The highest BCUT2D eigenvalue weighted by atomic mass is 79.9. The van der Waals surface area contributed by atoms with Crippen LogP contribution in [-0.4, -0.2) is 33.4 Å². The predicted molar refractivity (Wildman–Crippen MR) is 89.0 cm³/mol. The summed E-state index contributed by atoms with van der Waals surface area (Å²) >= 11 is 5.72. The lowest BCUT2D eigenvalue weighted by molar-refractivity contribution is 0.547. The summed E-state index contributed by atoms with van der Waals surface area (Å²) in [6.07, 6.45) is 2.00. The number of hydrogen-bond acceptors (Lipinski definition) is 3. The number of halogens is 1. The van der Waals surface area contributed by atoms with E-state index in [-0.39, 0.29) is 0 Å². The van der Waals surface area contributed by atoms with Crippen LogP contribution in [0.15, 0.2) is 4.47 Å². The molecule has 3 nitrogen and oxygen atoms in total. The smallest absolute Gasteiger partial charge is 0.0766 e. The van der Waals surface area contributed by atoms with E-state index in [1.807, 2.05) is 23.5 Å². The lowest BCUT2D eigenvalue weighted by Crippen LogP contribution is -2.34. The Morgan fingerprint density at radius 3 is 2.53 bits per heavy atom. The van der Waals surface area contributed by atoms with E-state index in [4.69, 9.17) is 0 Å². The van der Waals surface area contributed by atoms with Crippen molar-refractivity contribution in [3.05, 3.63) is 15.9 Å². The van der Waals surface area contributed by atoms with Gasteiger partial charge in [-0.3, -0.25) is 4.68 Å². The molecule has 19 heavy (non-hydrogen) atoms. The van der Waals surface area contributed by atoms with E-state index in [9.17, 15) is 0 Å². The molecule has 0 amide bonds. The number of thioether (sulfide) groups is 1. The molecule has 1 N–H and O–H groups in total. The van der Waals surface area contributed by atoms with Crippen molar-refractivity contribution in [3.8, 4) is 0 Å². The Bertz CT molecular complexity index is 390. The van der Waals surface area contributed by atoms with Crippen molar-refractivity contribution in [2.75, 3.05) is 12.3 Å². The molecule has 0 saturated carbocycles. The Labute approximate surface area is 130 Å². The summed E-state index contributed by atoms with van der Waals surface area (Å²) in [7, 11) is 2.04. The van der Waals surface area contributed by atoms with Crippen LogP contribution < -0.4 is 5.32 Å². The van der Waals surface area contributed by atoms with Crippen molar-refractivity contribution in [3.63, 3.8) is 0 Å². The SMILES string of the molecule is CCNC(CSC(C)C)Cc1c(Br)c(CC)nn1C. The van der Waals surface area contributed by atoms with Crippen molar-refractivity contribution < 1.29 is 0 Å². The van der Waals surface area contributed by atoms with E-state index in [0.717, 1.165) is 30.8 Å². The van der Waals surface area contributed by atoms with Crippen molar-refractivity contribution in [2.45, 2.75) is 51.8 Å². The average Bonchev–Trinajstić information content (AvgIpc) is 2.63. The van der Waals surface area contributed by atoms with E-state index in [1.54, 1.807) is 0 Å². The van der Waals surface area contributed by atoms with Crippen LogP contribution in [0, 0.1) is 0 Å². The number of aryl methyl sites for hydroxylation is 2. The van der Waals surface area contributed by atoms with Gasteiger partial charge in [0.25, 0.3) is 0 Å². The first-order chi connectivity index (χ1) is 8.99. The molecule has 110 valence electrons. The van der Waals surface area contributed by atoms with E-state index >= 15 is 0 Å². The minimum Gasteiger partial charge on any atom is -0.313 e. The first-order valence-electron chi connectivity index (χ1n) is 7.04. The summed E-state index contributed by atoms with van der Waals surface area (Å²) in [6, 6.07) is 0.508. The van der Waals surface area contributed by atoms with Gasteiger partial charge in [0.2, 0.25) is 0 Å². The van der Waals surface area contributed by atoms with E-state index < -0.39 is 0 Å². The lowest BCUT2D eigenvalue weighted by Gasteiger charge is -2.19. The van der Waals surface area contributed by atoms with Gasteiger partial charge in [-0.05, 0) is 34.1 Å². The molecule has 0 radical (unpaired) electrons. The maximum atomic E-state index is 4.57. The largest absolute Gasteiger partial charge is 0.313 e. The van der Waals surface area contributed by atoms with Gasteiger partial charge in [0.15, 0.2) is 0 Å². The zero-order valence-corrected chi connectivity index (χ0v) is 15.1. The van der Waals surface area contributed by atoms with Crippen LogP contribution in [-0.2, 0) is 19.9 Å². The molecule has 0 aliphatic rings. The molecule has 1 aromatic rings. The quantitative estimate of drug-likeness (QED) is 0.781. The maximum Gasteiger partial charge on any atom is 0.0766 e. The first-order valence-corrected chi connectivity index (χ1v) is 8.88. The zero-order valence-electron chi connectivity index (χ0n) is 12.7. The second-order valence-corrected chi connectivity index (χ2v) is 7.43. The van der Waals surface area contributed by atoms with Crippen LogP contribution in [0.25, 0.3) is 0 Å². The fraction of sp³-hybridized carbons (Fsp3) is 0.786. The summed E-state index contributed by atoms with van der Waals surface area (Å²) in [4.78, 5) is 0. The third-order valence-electron chi connectivity index (χ3n) is 3.07. The normalized spacial score (nSPS) is 13.2. The maximum absolute atomic E-state index is 4.57. The molecule has 1 aromatic heterocycles. The highest BCUT2D eigenvalue weighted by molar-refractivity contribution is 9.10. The molecule has 0 saturated heterocycles. The molecule has 0 fully saturated rings. The second kappa shape index (κ2) is 8.32. The number of aromatic nitrogens is 2. The van der Waals surface area contributed by atoms with Crippen molar-refractivity contribution >= 4 is 27.7 Å². The molecule has 0 bridgehead atoms. The number of hydrogen-bond donors (Lipinski definition) is 1. The molecule has 1 unspecified atom stereocenters. The highest BCUT2D eigenvalue weighted by Gasteiger charge is 2.17. The number of nitrogens with one attached hydrogen (secondary N) is 1. The first kappa shape index (κ1) is 17.1. The fourth-order valence-corrected chi connectivity index (χ4v) is 3.69. The molecule has 0 aromatic carbocycles. The average molecular weight is 348 g/mol. The summed E-state index contributed by atoms with van der Waals surface area (Å²) < 4.78 is 3.21. The minimum absolute atomic E-state index is 0.508. The second-order valence-electron chi connectivity index (χ2n) is 5.03. The van der Waals surface area contributed by atoms with Crippen LogP contribution in [0.5, 0.6) is 0 Å². The summed E-state index contributed by atoms with van der Waals surface area (Å²) in [6.45, 7) is 9.83. The van der Waals surface area contributed by atoms with Gasteiger partial charge in [0, 0.05) is 25.3 Å². The molecule has 1 heterocycles. The minimum atomic E-state index is 0.508. The molecule has 1 rings (SSSR count). The van der Waals surface area contributed by atoms with Crippen molar-refractivity contribution in [1.29, 1.82) is 0 Å². The van der Waals surface area contributed by atoms with Gasteiger partial charge in [0.1, 0.15) is 0 Å². The van der Waals surface area contributed by atoms with Gasteiger partial charge in [-0.2, -0.15) is 16.9 Å². The summed E-state index contributed by atoms with van der Waals surface area (Å²) in [5.41, 5.74) is 2.46. The van der Waals surface area contributed by atoms with E-state index in [0.29, 0.717) is 11.3 Å². The van der Waals surface area contributed by atoms with Gasteiger partial charge in [-0.15, -0.1) is 0 Å². The Morgan fingerprint density at radius 1 is 1.37 bits per heavy atom. The topological polar surface area (TPSA) is 29.9 Å². The highest BCUT2D eigenvalue weighted by Crippen LogP contribution is 2.24. The fourth-order valence-electron chi connectivity index (χ4n) is 2.06. The third-order valence-corrected chi connectivity index (χ3v) is 5.24. The van der Waals surface area contributed by atoms with Crippen LogP contribution >= 0.6 is 27.7 Å². The lowest BCUT2D eigenvalue weighted by atomic mass is 10.1. The van der Waals surface area contributed by atoms with E-state index in [2.05, 4.69) is 54.0 Å². The number of nitrogens with zero attached hydrogens (tertiary/aromatic N) is 2. The third kappa shape index (κ3) is 5.12. The summed E-state index contributed by atoms with van der Waals surface area (Å²) in [5.74, 6) is 1.14. The Balaban J connectivity index is 2.75. The molecule has 0 aliphatic carbocycles. The Hall–Kier alpha value is 0. The Morgan fingerprint density at radius 2 is 2.05 bits per heavy atom. The van der Waals surface area contributed by atoms with Gasteiger partial charge < -0.3 is 5.32 Å². The standard InChI is InChI=1S/C14H26BrN3S/c1-6-12-14(15)13(18(5)17-12)8-11(16-7-2)9-19-10(3)4/h10-11,16H,6-9H2,1-5H3. The molecule has 1 atom stereocenters. The van der Waals surface area contributed by atoms with Gasteiger partial charge >= 0.3 is 0 Å². The van der Waals surface area contributed by atoms with Gasteiger partial charge in [-0.25, -0.2) is 0 Å². The zero-order chi connectivity index (χ0) is 14.4. The van der Waals surface area contributed by atoms with E-state index in [1.165, 1.54) is 10.2 Å². The van der Waals surface area contributed by atoms with Crippen molar-refractivity contribution in [1.82, 2.24) is 15.1 Å². The summed E-state index contributed by atoms with van der Waals surface area (Å²) in [5, 5.41) is 8.84. The van der Waals surface area contributed by atoms with Crippen LogP contribution in [0.2, 0.25) is 0 Å². The van der Waals surface area contributed by atoms with Crippen LogP contribution in [0.4, 0.5) is 0 Å². The number of rotatable bonds is 8. The van der Waals surface area contributed by atoms with Crippen molar-refractivity contribution in [2.24, 2.45) is 7.05 Å². The molecule has 0 aliphatic heterocycles. The predicted octanol–water partition coefficient (Wildman–Crippen LogP) is 3.41. The molecular formula is C14H26BrN3S. The van der Waals surface area contributed by atoms with Crippen LogP contribution in [0.3, 0.4) is 0 Å². The number of likely N-dealkylation sites (N-methyl/N-ethyl adjacent to an activating group) is 1. The Kier molecular flexibility index (Phi) is 7.47. The van der Waals surface area contributed by atoms with Gasteiger partial charge in [0.05, 0.1) is 15.9 Å². The van der Waals surface area contributed by atoms with Crippen LogP contribution in [0.1, 0.15) is 39.1 Å². The molecule has 0 spiro atoms. The monoisotopic (exact) mass is 347 g/mol. The van der Waals surface area contributed by atoms with Gasteiger partial charge in [-0.1, -0.05) is 27.7 Å².